The molecule has 0 aliphatic rings. The van der Waals surface area contributed by atoms with Crippen molar-refractivity contribution in [2.75, 3.05) is 0 Å². The average Bonchev–Trinajstić information content (AvgIpc) is 2.31. The monoisotopic (exact) mass is 234 g/mol. The van der Waals surface area contributed by atoms with Gasteiger partial charge in [0.05, 0.1) is 4.88 Å². The number of carbonyl (C=O) groups excluding carboxylic acids is 1. The van der Waals surface area contributed by atoms with E-state index in [1.807, 2.05) is 0 Å². The van der Waals surface area contributed by atoms with Gasteiger partial charge in [-0.2, -0.15) is 0 Å². The number of thiophene rings is 1. The molecular weight excluding hydrogens is 232 g/mol. The molecule has 58 valence electrons. The zero-order valence-electron chi connectivity index (χ0n) is 5.20. The molecule has 0 atom stereocenters. The van der Waals surface area contributed by atoms with Gasteiger partial charge in [-0.25, -0.2) is 4.79 Å². The van der Waals surface area contributed by atoms with Gasteiger partial charge in [-0.3, -0.25) is 4.79 Å². The lowest BCUT2D eigenvalue weighted by atomic mass is 10.4. The molecule has 3 nitrogen and oxygen atoms in total. The summed E-state index contributed by atoms with van der Waals surface area (Å²) in [5.41, 5.74) is 0. The number of rotatable bonds is 2. The highest BCUT2D eigenvalue weighted by atomic mass is 79.9. The third-order valence-corrected chi connectivity index (χ3v) is 3.00. The van der Waals surface area contributed by atoms with Gasteiger partial charge in [0.2, 0.25) is 0 Å². The summed E-state index contributed by atoms with van der Waals surface area (Å²) in [6.07, 6.45) is 0.626. The van der Waals surface area contributed by atoms with Crippen molar-refractivity contribution in [2.45, 2.75) is 0 Å². The highest BCUT2D eigenvalue weighted by Gasteiger charge is 2.10. The number of carboxylic acids is 1. The Morgan fingerprint density at radius 2 is 2.36 bits per heavy atom. The van der Waals surface area contributed by atoms with Gasteiger partial charge in [-0.15, -0.1) is 11.3 Å². The van der Waals surface area contributed by atoms with Gasteiger partial charge in [0.15, 0.2) is 6.29 Å². The van der Waals surface area contributed by atoms with E-state index in [1.165, 1.54) is 6.07 Å². The number of carbonyl (C=O) groups is 2. The molecule has 0 amide bonds. The van der Waals surface area contributed by atoms with Crippen LogP contribution in [0.4, 0.5) is 0 Å². The van der Waals surface area contributed by atoms with Crippen LogP contribution in [0, 0.1) is 0 Å². The zero-order valence-corrected chi connectivity index (χ0v) is 7.61. The lowest BCUT2D eigenvalue weighted by molar-refractivity contribution is 0.0702. The van der Waals surface area contributed by atoms with Crippen LogP contribution >= 0.6 is 27.3 Å². The molecule has 1 heterocycles. The topological polar surface area (TPSA) is 54.4 Å². The van der Waals surface area contributed by atoms with Crippen LogP contribution in [0.5, 0.6) is 0 Å². The molecule has 0 aliphatic carbocycles. The smallest absolute Gasteiger partial charge is 0.345 e. The van der Waals surface area contributed by atoms with Gasteiger partial charge in [0, 0.05) is 4.47 Å². The second-order valence-corrected chi connectivity index (χ2v) is 3.68. The molecule has 0 saturated carbocycles. The number of aldehydes is 1. The molecule has 0 aromatic carbocycles. The maximum atomic E-state index is 10.4. The van der Waals surface area contributed by atoms with Gasteiger partial charge in [-0.1, -0.05) is 0 Å². The molecule has 1 N–H and O–H groups in total. The summed E-state index contributed by atoms with van der Waals surface area (Å²) in [6.45, 7) is 0. The lowest BCUT2D eigenvalue weighted by Crippen LogP contribution is -1.89. The second-order valence-electron chi connectivity index (χ2n) is 1.75. The molecule has 0 aliphatic heterocycles. The Balaban J connectivity index is 3.14. The molecular formula is C6H3BrO3S. The maximum Gasteiger partial charge on any atom is 0.345 e. The highest BCUT2D eigenvalue weighted by molar-refractivity contribution is 9.10. The summed E-state index contributed by atoms with van der Waals surface area (Å²) in [6, 6.07) is 1.41. The minimum absolute atomic E-state index is 0.166. The molecule has 1 aromatic rings. The Bertz CT molecular complexity index is 305. The SMILES string of the molecule is O=Cc1sc(C(=O)O)cc1Br. The largest absolute Gasteiger partial charge is 0.477 e. The van der Waals surface area contributed by atoms with Crippen molar-refractivity contribution in [1.29, 1.82) is 0 Å². The summed E-state index contributed by atoms with van der Waals surface area (Å²) in [7, 11) is 0. The van der Waals surface area contributed by atoms with Crippen LogP contribution in [0.2, 0.25) is 0 Å². The van der Waals surface area contributed by atoms with Crippen LogP contribution < -0.4 is 0 Å². The first-order valence-corrected chi connectivity index (χ1v) is 4.24. The molecule has 0 spiro atoms. The van der Waals surface area contributed by atoms with Crippen molar-refractivity contribution in [2.24, 2.45) is 0 Å². The lowest BCUT2D eigenvalue weighted by Gasteiger charge is -1.79. The Labute approximate surface area is 74.8 Å². The van der Waals surface area contributed by atoms with E-state index in [9.17, 15) is 9.59 Å². The third-order valence-electron chi connectivity index (χ3n) is 1.03. The normalized spacial score (nSPS) is 9.55. The van der Waals surface area contributed by atoms with Gasteiger partial charge in [0.25, 0.3) is 0 Å². The van der Waals surface area contributed by atoms with Crippen molar-refractivity contribution < 1.29 is 14.7 Å². The van der Waals surface area contributed by atoms with Crippen molar-refractivity contribution in [3.8, 4) is 0 Å². The van der Waals surface area contributed by atoms with E-state index in [4.69, 9.17) is 5.11 Å². The number of hydrogen-bond acceptors (Lipinski definition) is 3. The van der Waals surface area contributed by atoms with Crippen LogP contribution in [0.15, 0.2) is 10.5 Å². The Kier molecular flexibility index (Phi) is 2.41. The van der Waals surface area contributed by atoms with Gasteiger partial charge < -0.3 is 5.11 Å². The first-order chi connectivity index (χ1) is 5.15. The molecule has 11 heavy (non-hydrogen) atoms. The van der Waals surface area contributed by atoms with E-state index in [0.717, 1.165) is 11.3 Å². The minimum Gasteiger partial charge on any atom is -0.477 e. The molecule has 1 aromatic heterocycles. The van der Waals surface area contributed by atoms with Crippen LogP contribution in [0.25, 0.3) is 0 Å². The minimum atomic E-state index is -1.01. The van der Waals surface area contributed by atoms with Crippen molar-refractivity contribution in [3.05, 3.63) is 20.3 Å². The van der Waals surface area contributed by atoms with E-state index >= 15 is 0 Å². The van der Waals surface area contributed by atoms with Crippen LogP contribution in [-0.2, 0) is 0 Å². The predicted octanol–water partition coefficient (Wildman–Crippen LogP) is 2.02. The van der Waals surface area contributed by atoms with Crippen molar-refractivity contribution >= 4 is 39.5 Å². The second kappa shape index (κ2) is 3.15. The fourth-order valence-corrected chi connectivity index (χ4v) is 1.99. The quantitative estimate of drug-likeness (QED) is 0.797. The van der Waals surface area contributed by atoms with Crippen LogP contribution in [0.1, 0.15) is 19.3 Å². The van der Waals surface area contributed by atoms with E-state index < -0.39 is 5.97 Å². The summed E-state index contributed by atoms with van der Waals surface area (Å²) < 4.78 is 0.537. The standard InChI is InChI=1S/C6H3BrO3S/c7-3-1-4(6(9)10)11-5(3)2-8/h1-2H,(H,9,10). The van der Waals surface area contributed by atoms with E-state index in [0.29, 0.717) is 15.6 Å². The molecule has 0 bridgehead atoms. The summed E-state index contributed by atoms with van der Waals surface area (Å²) >= 11 is 4.01. The number of halogens is 1. The first-order valence-electron chi connectivity index (χ1n) is 2.63. The average molecular weight is 235 g/mol. The Morgan fingerprint density at radius 1 is 1.73 bits per heavy atom. The third kappa shape index (κ3) is 1.66. The predicted molar refractivity (Wildman–Crippen MR) is 44.4 cm³/mol. The number of hydrogen-bond donors (Lipinski definition) is 1. The van der Waals surface area contributed by atoms with Crippen molar-refractivity contribution in [3.63, 3.8) is 0 Å². The van der Waals surface area contributed by atoms with Crippen LogP contribution in [0.3, 0.4) is 0 Å². The van der Waals surface area contributed by atoms with Gasteiger partial charge >= 0.3 is 5.97 Å². The maximum absolute atomic E-state index is 10.4. The summed E-state index contributed by atoms with van der Waals surface area (Å²) in [5, 5.41) is 8.49. The fraction of sp³-hybridized carbons (Fsp3) is 0. The van der Waals surface area contributed by atoms with Gasteiger partial charge in [0.1, 0.15) is 4.88 Å². The Morgan fingerprint density at radius 3 is 2.64 bits per heavy atom. The van der Waals surface area contributed by atoms with Crippen LogP contribution in [-0.4, -0.2) is 17.4 Å². The van der Waals surface area contributed by atoms with Gasteiger partial charge in [-0.05, 0) is 22.0 Å². The van der Waals surface area contributed by atoms with E-state index in [-0.39, 0.29) is 4.88 Å². The molecule has 0 fully saturated rings. The highest BCUT2D eigenvalue weighted by Crippen LogP contribution is 2.25. The number of aromatic carboxylic acids is 1. The molecule has 0 radical (unpaired) electrons. The zero-order chi connectivity index (χ0) is 8.43. The van der Waals surface area contributed by atoms with E-state index in [2.05, 4.69) is 15.9 Å². The van der Waals surface area contributed by atoms with E-state index in [1.54, 1.807) is 0 Å². The first kappa shape index (κ1) is 8.42. The Hall–Kier alpha value is -0.680. The summed E-state index contributed by atoms with van der Waals surface area (Å²) in [5.74, 6) is -1.01. The number of carboxylic acid groups (broad SMARTS) is 1. The molecule has 0 saturated heterocycles. The fourth-order valence-electron chi connectivity index (χ4n) is 0.569. The molecule has 5 heteroatoms. The summed E-state index contributed by atoms with van der Waals surface area (Å²) in [4.78, 5) is 21.2. The molecule has 1 rings (SSSR count). The van der Waals surface area contributed by atoms with Crippen molar-refractivity contribution in [1.82, 2.24) is 0 Å². The molecule has 0 unspecified atom stereocenters.